The maximum Gasteiger partial charge on any atom is 0.335 e. The number of aromatic amines is 2. The van der Waals surface area contributed by atoms with Crippen LogP contribution in [0.5, 0.6) is 0 Å². The highest BCUT2D eigenvalue weighted by Gasteiger charge is 2.20. The van der Waals surface area contributed by atoms with E-state index in [0.717, 1.165) is 11.8 Å². The van der Waals surface area contributed by atoms with Crippen LogP contribution < -0.4 is 5.56 Å². The summed E-state index contributed by atoms with van der Waals surface area (Å²) >= 11 is 7.26. The summed E-state index contributed by atoms with van der Waals surface area (Å²) in [5, 5.41) is 32.2. The van der Waals surface area contributed by atoms with E-state index in [-0.39, 0.29) is 32.5 Å². The van der Waals surface area contributed by atoms with Gasteiger partial charge in [0.1, 0.15) is 11.1 Å². The van der Waals surface area contributed by atoms with Gasteiger partial charge in [-0.2, -0.15) is 10.5 Å². The molecule has 9 nitrogen and oxygen atoms in total. The Morgan fingerprint density at radius 1 is 1.42 bits per heavy atom. The average molecular weight is 389 g/mol. The summed E-state index contributed by atoms with van der Waals surface area (Å²) in [7, 11) is 0. The molecule has 2 heterocycles. The van der Waals surface area contributed by atoms with Crippen molar-refractivity contribution < 1.29 is 9.90 Å². The van der Waals surface area contributed by atoms with Crippen molar-refractivity contribution in [2.45, 2.75) is 10.8 Å². The first kappa shape index (κ1) is 17.7. The van der Waals surface area contributed by atoms with Gasteiger partial charge in [0.25, 0.3) is 5.56 Å². The van der Waals surface area contributed by atoms with Gasteiger partial charge in [-0.1, -0.05) is 40.7 Å². The molecule has 3 N–H and O–H groups in total. The van der Waals surface area contributed by atoms with Gasteiger partial charge in [0.15, 0.2) is 5.82 Å². The van der Waals surface area contributed by atoms with E-state index in [1.807, 2.05) is 6.07 Å². The molecule has 0 fully saturated rings. The first-order valence-electron chi connectivity index (χ1n) is 7.06. The first-order chi connectivity index (χ1) is 12.5. The molecule has 11 heteroatoms. The smallest absolute Gasteiger partial charge is 0.335 e. The Balaban J connectivity index is 2.12. The zero-order valence-corrected chi connectivity index (χ0v) is 14.4. The number of nitrogens with one attached hydrogen (secondary N) is 2. The lowest BCUT2D eigenvalue weighted by molar-refractivity contribution is 0.0697. The van der Waals surface area contributed by atoms with Gasteiger partial charge in [-0.05, 0) is 17.7 Å². The van der Waals surface area contributed by atoms with E-state index < -0.39 is 11.5 Å². The molecule has 2 aromatic heterocycles. The number of carboxylic acid groups (broad SMARTS) is 1. The van der Waals surface area contributed by atoms with Gasteiger partial charge in [0.05, 0.1) is 21.9 Å². The maximum absolute atomic E-state index is 12.2. The average Bonchev–Trinajstić information content (AvgIpc) is 3.15. The number of hydrogen-bond acceptors (Lipinski definition) is 7. The van der Waals surface area contributed by atoms with E-state index in [1.165, 1.54) is 18.2 Å². The highest BCUT2D eigenvalue weighted by atomic mass is 35.5. The van der Waals surface area contributed by atoms with Crippen LogP contribution in [0.1, 0.15) is 21.7 Å². The fourth-order valence-corrected chi connectivity index (χ4v) is 3.33. The normalized spacial score (nSPS) is 10.5. The van der Waals surface area contributed by atoms with Crippen LogP contribution in [0.4, 0.5) is 0 Å². The molecule has 1 aromatic carbocycles. The van der Waals surface area contributed by atoms with Crippen molar-refractivity contribution in [3.05, 3.63) is 56.6 Å². The molecule has 0 radical (unpaired) electrons. The van der Waals surface area contributed by atoms with Crippen molar-refractivity contribution in [3.8, 4) is 17.2 Å². The number of pyridine rings is 1. The van der Waals surface area contributed by atoms with Crippen LogP contribution >= 0.6 is 23.4 Å². The number of benzene rings is 1. The van der Waals surface area contributed by atoms with Crippen LogP contribution in [0.25, 0.3) is 11.1 Å². The summed E-state index contributed by atoms with van der Waals surface area (Å²) < 4.78 is 0. The maximum atomic E-state index is 12.2. The fourth-order valence-electron chi connectivity index (χ4n) is 2.23. The summed E-state index contributed by atoms with van der Waals surface area (Å²) in [5.74, 6) is -0.473. The third-order valence-corrected chi connectivity index (χ3v) is 4.73. The Morgan fingerprint density at radius 2 is 2.23 bits per heavy atom. The van der Waals surface area contributed by atoms with E-state index in [4.69, 9.17) is 16.7 Å². The second-order valence-electron chi connectivity index (χ2n) is 4.96. The monoisotopic (exact) mass is 388 g/mol. The lowest BCUT2D eigenvalue weighted by atomic mass is 10.00. The van der Waals surface area contributed by atoms with Gasteiger partial charge in [0.2, 0.25) is 0 Å². The van der Waals surface area contributed by atoms with Gasteiger partial charge in [-0.25, -0.2) is 4.79 Å². The Morgan fingerprint density at radius 3 is 2.88 bits per heavy atom. The zero-order chi connectivity index (χ0) is 18.7. The number of hydrogen-bond donors (Lipinski definition) is 3. The van der Waals surface area contributed by atoms with E-state index in [0.29, 0.717) is 11.4 Å². The molecule has 0 bridgehead atoms. The number of tetrazole rings is 1. The summed E-state index contributed by atoms with van der Waals surface area (Å²) in [4.78, 5) is 26.0. The molecule has 0 aliphatic rings. The molecule has 0 saturated carbocycles. The summed E-state index contributed by atoms with van der Waals surface area (Å²) in [6, 6.07) is 7.89. The number of H-pyrrole nitrogens is 2. The Kier molecular flexibility index (Phi) is 5.01. The predicted molar refractivity (Wildman–Crippen MR) is 92.9 cm³/mol. The molecular weight excluding hydrogens is 380 g/mol. The molecule has 0 aliphatic heterocycles. The number of nitrogens with zero attached hydrogens (tertiary/aromatic N) is 4. The highest BCUT2D eigenvalue weighted by Crippen LogP contribution is 2.34. The lowest BCUT2D eigenvalue weighted by Crippen LogP contribution is -2.11. The predicted octanol–water partition coefficient (Wildman–Crippen LogP) is 2.07. The van der Waals surface area contributed by atoms with Gasteiger partial charge in [-0.15, -0.1) is 10.2 Å². The third-order valence-electron chi connectivity index (χ3n) is 3.37. The molecule has 3 rings (SSSR count). The van der Waals surface area contributed by atoms with Crippen LogP contribution in [0.2, 0.25) is 5.02 Å². The number of aromatic carboxylic acids is 1. The first-order valence-corrected chi connectivity index (χ1v) is 8.42. The summed E-state index contributed by atoms with van der Waals surface area (Å²) in [6.45, 7) is 0. The largest absolute Gasteiger partial charge is 0.478 e. The molecule has 3 aromatic rings. The number of nitriles is 1. The number of carboxylic acids is 1. The van der Waals surface area contributed by atoms with Crippen molar-refractivity contribution in [2.24, 2.45) is 0 Å². The van der Waals surface area contributed by atoms with Crippen molar-refractivity contribution >= 4 is 29.3 Å². The number of aromatic nitrogens is 5. The highest BCUT2D eigenvalue weighted by molar-refractivity contribution is 7.98. The topological polar surface area (TPSA) is 148 Å². The van der Waals surface area contributed by atoms with Gasteiger partial charge < -0.3 is 10.1 Å². The number of halogens is 1. The number of thioether (sulfide) groups is 1. The molecular formula is C15H9ClN6O3S. The molecule has 0 unspecified atom stereocenters. The van der Waals surface area contributed by atoms with Gasteiger partial charge in [0, 0.05) is 5.56 Å². The van der Waals surface area contributed by atoms with Crippen molar-refractivity contribution in [2.75, 3.05) is 0 Å². The standard InChI is InChI=1S/C15H9ClN6O3S/c16-12-11(7-2-1-3-8(4-7)15(24)25)9(5-17)14(18-13(12)23)26-6-10-19-21-22-20-10/h1-4H,6H2,(H,18,23)(H,24,25)(H,19,20,21,22). The van der Waals surface area contributed by atoms with Crippen LogP contribution in [0, 0.1) is 11.3 Å². The van der Waals surface area contributed by atoms with Crippen molar-refractivity contribution in [3.63, 3.8) is 0 Å². The van der Waals surface area contributed by atoms with Crippen LogP contribution in [-0.4, -0.2) is 36.7 Å². The minimum absolute atomic E-state index is 0.0174. The zero-order valence-electron chi connectivity index (χ0n) is 12.9. The van der Waals surface area contributed by atoms with Crippen LogP contribution in [0.3, 0.4) is 0 Å². The van der Waals surface area contributed by atoms with Crippen molar-refractivity contribution in [1.29, 1.82) is 5.26 Å². The van der Waals surface area contributed by atoms with Gasteiger partial charge >= 0.3 is 5.97 Å². The second kappa shape index (κ2) is 7.38. The second-order valence-corrected chi connectivity index (χ2v) is 6.33. The Bertz CT molecular complexity index is 1070. The summed E-state index contributed by atoms with van der Waals surface area (Å²) in [5.41, 5.74) is 0.0990. The molecule has 130 valence electrons. The molecule has 0 aliphatic carbocycles. The van der Waals surface area contributed by atoms with Crippen LogP contribution in [0.15, 0.2) is 34.1 Å². The minimum Gasteiger partial charge on any atom is -0.478 e. The number of carbonyl (C=O) groups is 1. The molecule has 0 saturated heterocycles. The van der Waals surface area contributed by atoms with Crippen molar-refractivity contribution in [1.82, 2.24) is 25.6 Å². The molecule has 0 amide bonds. The quantitative estimate of drug-likeness (QED) is 0.562. The Labute approximate surface area is 155 Å². The SMILES string of the molecule is N#Cc1c(SCc2nn[nH]n2)[nH]c(=O)c(Cl)c1-c1cccc(C(=O)O)c1. The van der Waals surface area contributed by atoms with E-state index >= 15 is 0 Å². The number of rotatable bonds is 5. The molecule has 0 spiro atoms. The third kappa shape index (κ3) is 3.44. The minimum atomic E-state index is -1.13. The van der Waals surface area contributed by atoms with E-state index in [2.05, 4.69) is 25.6 Å². The summed E-state index contributed by atoms with van der Waals surface area (Å²) in [6.07, 6.45) is 0. The molecule has 0 atom stereocenters. The fraction of sp³-hybridized carbons (Fsp3) is 0.0667. The molecule has 26 heavy (non-hydrogen) atoms. The Hall–Kier alpha value is -3.16. The lowest BCUT2D eigenvalue weighted by Gasteiger charge is -2.11. The van der Waals surface area contributed by atoms with E-state index in [9.17, 15) is 14.9 Å². The van der Waals surface area contributed by atoms with Gasteiger partial charge in [-0.3, -0.25) is 4.79 Å². The van der Waals surface area contributed by atoms with E-state index in [1.54, 1.807) is 6.07 Å². The van der Waals surface area contributed by atoms with Crippen LogP contribution in [-0.2, 0) is 5.75 Å².